The summed E-state index contributed by atoms with van der Waals surface area (Å²) in [6, 6.07) is 25.0. The number of esters is 1. The third kappa shape index (κ3) is 5.08. The molecule has 0 fully saturated rings. The molecule has 0 unspecified atom stereocenters. The van der Waals surface area contributed by atoms with Crippen LogP contribution in [0.25, 0.3) is 10.8 Å². The average molecular weight is 439 g/mol. The Morgan fingerprint density at radius 1 is 0.909 bits per heavy atom. The molecule has 0 heterocycles. The normalized spacial score (nSPS) is 10.8. The van der Waals surface area contributed by atoms with E-state index in [1.807, 2.05) is 30.3 Å². The minimum absolute atomic E-state index is 0.122. The third-order valence-electron chi connectivity index (χ3n) is 4.80. The molecule has 0 saturated heterocycles. The first-order valence-corrected chi connectivity index (χ1v) is 9.89. The Hall–Kier alpha value is -4.85. The van der Waals surface area contributed by atoms with Gasteiger partial charge in [-0.25, -0.2) is 10.2 Å². The Bertz CT molecular complexity index is 1380. The summed E-state index contributed by atoms with van der Waals surface area (Å²) in [7, 11) is 0. The summed E-state index contributed by atoms with van der Waals surface area (Å²) in [6.45, 7) is 0. The van der Waals surface area contributed by atoms with E-state index in [9.17, 15) is 19.7 Å². The van der Waals surface area contributed by atoms with Crippen molar-refractivity contribution >= 4 is 34.6 Å². The SMILES string of the molecule is O=C(N/N=C/c1ccc(OC(=O)c2cccc3ccccc23)cc1)c1cccc([N+](=O)[O-])c1. The van der Waals surface area contributed by atoms with Crippen molar-refractivity contribution in [1.82, 2.24) is 5.43 Å². The average Bonchev–Trinajstić information content (AvgIpc) is 2.84. The number of non-ortho nitro benzene ring substituents is 1. The summed E-state index contributed by atoms with van der Waals surface area (Å²) >= 11 is 0. The van der Waals surface area contributed by atoms with E-state index in [2.05, 4.69) is 10.5 Å². The number of benzene rings is 4. The van der Waals surface area contributed by atoms with Gasteiger partial charge in [-0.2, -0.15) is 5.10 Å². The van der Waals surface area contributed by atoms with Crippen molar-refractivity contribution in [3.63, 3.8) is 0 Å². The highest BCUT2D eigenvalue weighted by Gasteiger charge is 2.12. The number of hydrogen-bond acceptors (Lipinski definition) is 6. The van der Waals surface area contributed by atoms with Crippen LogP contribution in [-0.4, -0.2) is 23.0 Å². The van der Waals surface area contributed by atoms with Crippen molar-refractivity contribution in [2.45, 2.75) is 0 Å². The second-order valence-electron chi connectivity index (χ2n) is 6.99. The van der Waals surface area contributed by atoms with E-state index >= 15 is 0 Å². The minimum atomic E-state index is -0.575. The van der Waals surface area contributed by atoms with Gasteiger partial charge in [0.2, 0.25) is 0 Å². The van der Waals surface area contributed by atoms with E-state index in [0.717, 1.165) is 10.8 Å². The van der Waals surface area contributed by atoms with Gasteiger partial charge in [0.15, 0.2) is 0 Å². The standard InChI is InChI=1S/C25H17N3O5/c29-24(19-7-3-8-20(15-19)28(31)32)27-26-16-17-11-13-21(14-12-17)33-25(30)23-10-4-6-18-5-1-2-9-22(18)23/h1-16H,(H,27,29)/b26-16+. The lowest BCUT2D eigenvalue weighted by molar-refractivity contribution is -0.384. The summed E-state index contributed by atoms with van der Waals surface area (Å²) in [5.41, 5.74) is 3.39. The molecule has 1 N–H and O–H groups in total. The summed E-state index contributed by atoms with van der Waals surface area (Å²) in [6.07, 6.45) is 1.41. The maximum absolute atomic E-state index is 12.6. The first-order valence-electron chi connectivity index (χ1n) is 9.89. The predicted molar refractivity (Wildman–Crippen MR) is 124 cm³/mol. The Morgan fingerprint density at radius 2 is 1.64 bits per heavy atom. The van der Waals surface area contributed by atoms with E-state index in [4.69, 9.17) is 4.74 Å². The number of nitro benzene ring substituents is 1. The number of hydrazone groups is 1. The van der Waals surface area contributed by atoms with Gasteiger partial charge in [0.1, 0.15) is 5.75 Å². The van der Waals surface area contributed by atoms with E-state index in [-0.39, 0.29) is 11.3 Å². The van der Waals surface area contributed by atoms with Crippen LogP contribution in [0.4, 0.5) is 5.69 Å². The fraction of sp³-hybridized carbons (Fsp3) is 0. The van der Waals surface area contributed by atoms with Gasteiger partial charge < -0.3 is 4.74 Å². The number of carbonyl (C=O) groups excluding carboxylic acids is 2. The minimum Gasteiger partial charge on any atom is -0.423 e. The summed E-state index contributed by atoms with van der Waals surface area (Å²) in [5.74, 6) is -0.668. The monoisotopic (exact) mass is 439 g/mol. The highest BCUT2D eigenvalue weighted by atomic mass is 16.6. The number of nitro groups is 1. The Kier molecular flexibility index (Phi) is 6.17. The third-order valence-corrected chi connectivity index (χ3v) is 4.80. The molecule has 0 aliphatic rings. The van der Waals surface area contributed by atoms with Crippen LogP contribution in [0.1, 0.15) is 26.3 Å². The van der Waals surface area contributed by atoms with Crippen LogP contribution in [0, 0.1) is 10.1 Å². The van der Waals surface area contributed by atoms with Crippen molar-refractivity contribution < 1.29 is 19.2 Å². The molecular weight excluding hydrogens is 422 g/mol. The van der Waals surface area contributed by atoms with Crippen LogP contribution in [0.5, 0.6) is 5.75 Å². The number of ether oxygens (including phenoxy) is 1. The molecule has 0 aromatic heterocycles. The fourth-order valence-electron chi connectivity index (χ4n) is 3.18. The Labute approximate surface area is 188 Å². The molecule has 0 aliphatic carbocycles. The van der Waals surface area contributed by atoms with E-state index in [1.54, 1.807) is 36.4 Å². The number of hydrogen-bond donors (Lipinski definition) is 1. The maximum Gasteiger partial charge on any atom is 0.344 e. The Morgan fingerprint density at radius 3 is 2.42 bits per heavy atom. The summed E-state index contributed by atoms with van der Waals surface area (Å²) in [5, 5.41) is 16.4. The van der Waals surface area contributed by atoms with Crippen LogP contribution in [0.15, 0.2) is 96.1 Å². The summed E-state index contributed by atoms with van der Waals surface area (Å²) in [4.78, 5) is 35.0. The first kappa shape index (κ1) is 21.4. The van der Waals surface area contributed by atoms with E-state index in [1.165, 1.54) is 30.5 Å². The van der Waals surface area contributed by atoms with Gasteiger partial charge in [-0.05, 0) is 52.7 Å². The molecule has 0 saturated carbocycles. The number of amides is 1. The molecule has 1 amide bonds. The molecule has 0 spiro atoms. The quantitative estimate of drug-likeness (QED) is 0.153. The van der Waals surface area contributed by atoms with Gasteiger partial charge in [-0.3, -0.25) is 14.9 Å². The van der Waals surface area contributed by atoms with Crippen LogP contribution in [0.2, 0.25) is 0 Å². The number of nitrogens with zero attached hydrogens (tertiary/aromatic N) is 2. The zero-order valence-corrected chi connectivity index (χ0v) is 17.2. The molecule has 33 heavy (non-hydrogen) atoms. The first-order chi connectivity index (χ1) is 16.0. The predicted octanol–water partition coefficient (Wildman–Crippen LogP) is 4.73. The fourth-order valence-corrected chi connectivity index (χ4v) is 3.18. The van der Waals surface area contributed by atoms with Gasteiger partial charge >= 0.3 is 5.97 Å². The van der Waals surface area contributed by atoms with Gasteiger partial charge in [-0.15, -0.1) is 0 Å². The lowest BCUT2D eigenvalue weighted by Crippen LogP contribution is -2.17. The topological polar surface area (TPSA) is 111 Å². The summed E-state index contributed by atoms with van der Waals surface area (Å²) < 4.78 is 5.49. The highest BCUT2D eigenvalue weighted by Crippen LogP contribution is 2.21. The van der Waals surface area contributed by atoms with Crippen molar-refractivity contribution in [3.8, 4) is 5.75 Å². The second kappa shape index (κ2) is 9.52. The van der Waals surface area contributed by atoms with E-state index in [0.29, 0.717) is 16.9 Å². The molecule has 8 heteroatoms. The lowest BCUT2D eigenvalue weighted by atomic mass is 10.0. The van der Waals surface area contributed by atoms with Gasteiger partial charge in [0.05, 0.1) is 16.7 Å². The van der Waals surface area contributed by atoms with Crippen molar-refractivity contribution in [3.05, 3.63) is 118 Å². The number of carbonyl (C=O) groups is 2. The molecule has 0 atom stereocenters. The van der Waals surface area contributed by atoms with Crippen molar-refractivity contribution in [2.75, 3.05) is 0 Å². The van der Waals surface area contributed by atoms with Gasteiger partial charge in [-0.1, -0.05) is 42.5 Å². The van der Waals surface area contributed by atoms with Crippen LogP contribution in [-0.2, 0) is 0 Å². The molecule has 0 aliphatic heterocycles. The van der Waals surface area contributed by atoms with E-state index < -0.39 is 16.8 Å². The molecular formula is C25H17N3O5. The number of fused-ring (bicyclic) bond motifs is 1. The molecule has 162 valence electrons. The highest BCUT2D eigenvalue weighted by molar-refractivity contribution is 6.05. The van der Waals surface area contributed by atoms with Crippen molar-refractivity contribution in [1.29, 1.82) is 0 Å². The smallest absolute Gasteiger partial charge is 0.344 e. The molecule has 4 rings (SSSR count). The molecule has 0 bridgehead atoms. The van der Waals surface area contributed by atoms with Gasteiger partial charge in [0.25, 0.3) is 11.6 Å². The Balaban J connectivity index is 1.38. The zero-order chi connectivity index (χ0) is 23.2. The number of rotatable bonds is 6. The van der Waals surface area contributed by atoms with Gasteiger partial charge in [0, 0.05) is 17.7 Å². The second-order valence-corrected chi connectivity index (χ2v) is 6.99. The molecule has 4 aromatic rings. The van der Waals surface area contributed by atoms with Crippen molar-refractivity contribution in [2.24, 2.45) is 5.10 Å². The zero-order valence-electron chi connectivity index (χ0n) is 17.2. The van der Waals surface area contributed by atoms with Crippen LogP contribution >= 0.6 is 0 Å². The van der Waals surface area contributed by atoms with Crippen LogP contribution < -0.4 is 10.2 Å². The lowest BCUT2D eigenvalue weighted by Gasteiger charge is -2.07. The number of nitrogens with one attached hydrogen (secondary N) is 1. The maximum atomic E-state index is 12.6. The molecule has 4 aromatic carbocycles. The molecule has 0 radical (unpaired) electrons. The largest absolute Gasteiger partial charge is 0.423 e. The van der Waals surface area contributed by atoms with Crippen LogP contribution in [0.3, 0.4) is 0 Å². The molecule has 8 nitrogen and oxygen atoms in total.